The third-order valence-corrected chi connectivity index (χ3v) is 3.68. The smallest absolute Gasteiger partial charge is 0.0298 e. The van der Waals surface area contributed by atoms with Crippen LogP contribution in [0, 0.1) is 10.5 Å². The van der Waals surface area contributed by atoms with Crippen molar-refractivity contribution in [2.45, 2.75) is 32.2 Å². The quantitative estimate of drug-likeness (QED) is 0.729. The molecule has 13 heavy (non-hydrogen) atoms. The minimum atomic E-state index is 0.275. The molecule has 0 saturated carbocycles. The molecule has 1 aromatic rings. The largest absolute Gasteiger partial charge is 0.324 e. The molecule has 1 aliphatic carbocycles. The third-order valence-electron chi connectivity index (χ3n) is 2.72. The maximum Gasteiger partial charge on any atom is 0.0298 e. The molecule has 1 aromatic carbocycles. The van der Waals surface area contributed by atoms with Crippen molar-refractivity contribution in [1.29, 1.82) is 0 Å². The molecule has 0 heterocycles. The van der Waals surface area contributed by atoms with Gasteiger partial charge in [0.2, 0.25) is 0 Å². The summed E-state index contributed by atoms with van der Waals surface area (Å²) in [6.07, 6.45) is 3.60. The van der Waals surface area contributed by atoms with E-state index in [-0.39, 0.29) is 6.04 Å². The summed E-state index contributed by atoms with van der Waals surface area (Å²) in [6.45, 7) is 2.14. The fraction of sp³-hybridized carbons (Fsp3) is 0.455. The van der Waals surface area contributed by atoms with Gasteiger partial charge in [-0.2, -0.15) is 0 Å². The highest BCUT2D eigenvalue weighted by atomic mass is 127. The maximum atomic E-state index is 6.08. The van der Waals surface area contributed by atoms with E-state index in [0.29, 0.717) is 0 Å². The molecule has 0 fully saturated rings. The van der Waals surface area contributed by atoms with E-state index < -0.39 is 0 Å². The molecule has 0 radical (unpaired) electrons. The zero-order chi connectivity index (χ0) is 9.42. The number of rotatable bonds is 0. The molecule has 1 nitrogen and oxygen atoms in total. The van der Waals surface area contributed by atoms with Gasteiger partial charge in [-0.25, -0.2) is 0 Å². The lowest BCUT2D eigenvalue weighted by Gasteiger charge is -2.23. The van der Waals surface area contributed by atoms with E-state index >= 15 is 0 Å². The number of nitrogens with two attached hydrogens (primary N) is 1. The molecule has 70 valence electrons. The van der Waals surface area contributed by atoms with Crippen LogP contribution < -0.4 is 5.73 Å². The summed E-state index contributed by atoms with van der Waals surface area (Å²) < 4.78 is 1.39. The summed E-state index contributed by atoms with van der Waals surface area (Å²) in [5.41, 5.74) is 10.3. The fourth-order valence-electron chi connectivity index (χ4n) is 2.05. The highest BCUT2D eigenvalue weighted by molar-refractivity contribution is 14.1. The van der Waals surface area contributed by atoms with E-state index in [1.165, 1.54) is 33.1 Å². The zero-order valence-corrected chi connectivity index (χ0v) is 9.97. The number of hydrogen-bond donors (Lipinski definition) is 1. The van der Waals surface area contributed by atoms with Gasteiger partial charge >= 0.3 is 0 Å². The molecule has 0 saturated heterocycles. The van der Waals surface area contributed by atoms with Gasteiger partial charge in [0, 0.05) is 9.61 Å². The average molecular weight is 287 g/mol. The average Bonchev–Trinajstić information content (AvgIpc) is 2.07. The summed E-state index contributed by atoms with van der Waals surface area (Å²) in [5, 5.41) is 0. The molecule has 0 aliphatic heterocycles. The van der Waals surface area contributed by atoms with Crippen molar-refractivity contribution in [1.82, 2.24) is 0 Å². The van der Waals surface area contributed by atoms with Crippen LogP contribution in [0.15, 0.2) is 12.1 Å². The van der Waals surface area contributed by atoms with Gasteiger partial charge in [-0.1, -0.05) is 6.07 Å². The van der Waals surface area contributed by atoms with Gasteiger partial charge in [-0.05, 0) is 71.5 Å². The van der Waals surface area contributed by atoms with E-state index in [9.17, 15) is 0 Å². The Morgan fingerprint density at radius 2 is 2.23 bits per heavy atom. The molecule has 0 bridgehead atoms. The van der Waals surface area contributed by atoms with Crippen LogP contribution in [0.1, 0.15) is 35.6 Å². The second kappa shape index (κ2) is 3.58. The first-order chi connectivity index (χ1) is 6.18. The molecule has 0 amide bonds. The van der Waals surface area contributed by atoms with E-state index in [2.05, 4.69) is 41.6 Å². The molecule has 2 rings (SSSR count). The van der Waals surface area contributed by atoms with E-state index in [4.69, 9.17) is 5.73 Å². The van der Waals surface area contributed by atoms with Crippen molar-refractivity contribution in [2.24, 2.45) is 5.73 Å². The standard InChI is InChI=1S/C11H14IN/c1-7-5-9-8(10(12)6-7)3-2-4-11(9)13/h5-6,11H,2-4,13H2,1H3/t11-/m0/s1. The van der Waals surface area contributed by atoms with Gasteiger partial charge in [0.15, 0.2) is 0 Å². The summed E-state index contributed by atoms with van der Waals surface area (Å²) in [5.74, 6) is 0. The first-order valence-electron chi connectivity index (χ1n) is 4.73. The molecule has 1 aliphatic rings. The van der Waals surface area contributed by atoms with Gasteiger partial charge in [-0.15, -0.1) is 0 Å². The summed E-state index contributed by atoms with van der Waals surface area (Å²) >= 11 is 2.42. The van der Waals surface area contributed by atoms with Gasteiger partial charge in [0.05, 0.1) is 0 Å². The second-order valence-electron chi connectivity index (χ2n) is 3.81. The van der Waals surface area contributed by atoms with Crippen LogP contribution in [0.25, 0.3) is 0 Å². The molecule has 0 aromatic heterocycles. The lowest BCUT2D eigenvalue weighted by Crippen LogP contribution is -2.18. The van der Waals surface area contributed by atoms with Crippen LogP contribution in [0.3, 0.4) is 0 Å². The van der Waals surface area contributed by atoms with Crippen LogP contribution >= 0.6 is 22.6 Å². The number of hydrogen-bond acceptors (Lipinski definition) is 1. The SMILES string of the molecule is Cc1cc(I)c2c(c1)[C@@H](N)CCC2. The summed E-state index contributed by atoms with van der Waals surface area (Å²) in [7, 11) is 0. The van der Waals surface area contributed by atoms with Crippen molar-refractivity contribution in [3.05, 3.63) is 32.4 Å². The highest BCUT2D eigenvalue weighted by Crippen LogP contribution is 2.31. The Bertz CT molecular complexity index is 333. The van der Waals surface area contributed by atoms with Crippen LogP contribution in [-0.2, 0) is 6.42 Å². The monoisotopic (exact) mass is 287 g/mol. The normalized spacial score (nSPS) is 21.3. The molecule has 2 heteroatoms. The molecule has 0 spiro atoms. The van der Waals surface area contributed by atoms with Gasteiger partial charge < -0.3 is 5.73 Å². The second-order valence-corrected chi connectivity index (χ2v) is 4.98. The number of fused-ring (bicyclic) bond motifs is 1. The first-order valence-corrected chi connectivity index (χ1v) is 5.81. The van der Waals surface area contributed by atoms with E-state index in [1.807, 2.05) is 0 Å². The highest BCUT2D eigenvalue weighted by Gasteiger charge is 2.18. The van der Waals surface area contributed by atoms with E-state index in [0.717, 1.165) is 6.42 Å². The molecule has 1 atom stereocenters. The Labute approximate surface area is 92.9 Å². The van der Waals surface area contributed by atoms with Gasteiger partial charge in [-0.3, -0.25) is 0 Å². The van der Waals surface area contributed by atoms with E-state index in [1.54, 1.807) is 0 Å². The maximum absolute atomic E-state index is 6.08. The summed E-state index contributed by atoms with van der Waals surface area (Å²) in [4.78, 5) is 0. The predicted molar refractivity (Wildman–Crippen MR) is 63.8 cm³/mol. The molecular weight excluding hydrogens is 273 g/mol. The van der Waals surface area contributed by atoms with Crippen molar-refractivity contribution < 1.29 is 0 Å². The van der Waals surface area contributed by atoms with Gasteiger partial charge in [0.25, 0.3) is 0 Å². The minimum Gasteiger partial charge on any atom is -0.324 e. The Hall–Kier alpha value is -0.0900. The van der Waals surface area contributed by atoms with Gasteiger partial charge in [0.1, 0.15) is 0 Å². The van der Waals surface area contributed by atoms with Crippen LogP contribution in [0.4, 0.5) is 0 Å². The van der Waals surface area contributed by atoms with Crippen LogP contribution in [0.5, 0.6) is 0 Å². The Morgan fingerprint density at radius 1 is 1.46 bits per heavy atom. The minimum absolute atomic E-state index is 0.275. The first kappa shape index (κ1) is 9.46. The number of benzene rings is 1. The lowest BCUT2D eigenvalue weighted by atomic mass is 9.87. The van der Waals surface area contributed by atoms with Crippen molar-refractivity contribution in [3.63, 3.8) is 0 Å². The van der Waals surface area contributed by atoms with Crippen LogP contribution in [0.2, 0.25) is 0 Å². The fourth-order valence-corrected chi connectivity index (χ4v) is 3.12. The topological polar surface area (TPSA) is 26.0 Å². The number of halogens is 1. The molecule has 0 unspecified atom stereocenters. The zero-order valence-electron chi connectivity index (χ0n) is 7.81. The number of aryl methyl sites for hydroxylation is 1. The van der Waals surface area contributed by atoms with Crippen molar-refractivity contribution >= 4 is 22.6 Å². The predicted octanol–water partition coefficient (Wildman–Crippen LogP) is 2.94. The molecular formula is C11H14IN. The third kappa shape index (κ3) is 1.74. The van der Waals surface area contributed by atoms with Crippen LogP contribution in [-0.4, -0.2) is 0 Å². The van der Waals surface area contributed by atoms with Crippen molar-refractivity contribution in [2.75, 3.05) is 0 Å². The lowest BCUT2D eigenvalue weighted by molar-refractivity contribution is 0.568. The Morgan fingerprint density at radius 3 is 3.00 bits per heavy atom. The Kier molecular flexibility index (Phi) is 2.60. The Balaban J connectivity index is 2.56. The molecule has 2 N–H and O–H groups in total. The van der Waals surface area contributed by atoms with Crippen molar-refractivity contribution in [3.8, 4) is 0 Å². The summed E-state index contributed by atoms with van der Waals surface area (Å²) in [6, 6.07) is 4.77.